The maximum atomic E-state index is 12.7. The van der Waals surface area contributed by atoms with Gasteiger partial charge in [0.2, 0.25) is 0 Å². The fourth-order valence-corrected chi connectivity index (χ4v) is 1.53. The van der Waals surface area contributed by atoms with E-state index in [1.165, 1.54) is 22.5 Å². The maximum Gasteiger partial charge on any atom is 0.264 e. The van der Waals surface area contributed by atoms with Gasteiger partial charge in [0.05, 0.1) is 6.54 Å². The van der Waals surface area contributed by atoms with Crippen LogP contribution in [0.2, 0.25) is 0 Å². The molecular formula is C8H6FNOS. The van der Waals surface area contributed by atoms with Crippen molar-refractivity contribution in [3.8, 4) is 0 Å². The van der Waals surface area contributed by atoms with Gasteiger partial charge in [-0.05, 0) is 23.8 Å². The van der Waals surface area contributed by atoms with Crippen LogP contribution in [-0.2, 0) is 6.54 Å². The maximum absolute atomic E-state index is 12.7. The van der Waals surface area contributed by atoms with E-state index < -0.39 is 0 Å². The largest absolute Gasteiger partial charge is 0.281 e. The average molecular weight is 183 g/mol. The van der Waals surface area contributed by atoms with Crippen LogP contribution in [0.25, 0.3) is 0 Å². The molecule has 0 atom stereocenters. The Labute approximate surface area is 74.5 Å². The van der Waals surface area contributed by atoms with E-state index in [9.17, 15) is 9.18 Å². The minimum atomic E-state index is -0.315. The highest BCUT2D eigenvalue weighted by Crippen LogP contribution is 2.24. The number of thiol groups is 1. The molecule has 0 radical (unpaired) electrons. The van der Waals surface area contributed by atoms with Gasteiger partial charge in [-0.25, -0.2) is 4.39 Å². The second-order valence-corrected chi connectivity index (χ2v) is 3.15. The van der Waals surface area contributed by atoms with Crippen LogP contribution in [0.1, 0.15) is 15.9 Å². The lowest BCUT2D eigenvalue weighted by Crippen LogP contribution is -2.10. The summed E-state index contributed by atoms with van der Waals surface area (Å²) in [6.45, 7) is 0.384. The van der Waals surface area contributed by atoms with E-state index in [1.54, 1.807) is 0 Å². The predicted octanol–water partition coefficient (Wildman–Crippen LogP) is 1.63. The van der Waals surface area contributed by atoms with E-state index in [4.69, 9.17) is 0 Å². The number of fused-ring (bicyclic) bond motifs is 1. The molecule has 1 heterocycles. The Balaban J connectivity index is 2.54. The molecule has 12 heavy (non-hydrogen) atoms. The zero-order valence-electron chi connectivity index (χ0n) is 6.12. The molecule has 2 rings (SSSR count). The van der Waals surface area contributed by atoms with Gasteiger partial charge in [0.15, 0.2) is 0 Å². The third-order valence-corrected chi connectivity index (χ3v) is 2.18. The Morgan fingerprint density at radius 1 is 1.50 bits per heavy atom. The highest BCUT2D eigenvalue weighted by atomic mass is 32.1. The second kappa shape index (κ2) is 2.48. The number of nitrogens with zero attached hydrogens (tertiary/aromatic N) is 1. The van der Waals surface area contributed by atoms with E-state index in [0.29, 0.717) is 17.7 Å². The highest BCUT2D eigenvalue weighted by Gasteiger charge is 2.24. The first-order valence-electron chi connectivity index (χ1n) is 3.47. The fourth-order valence-electron chi connectivity index (χ4n) is 1.27. The van der Waals surface area contributed by atoms with Gasteiger partial charge >= 0.3 is 0 Å². The van der Waals surface area contributed by atoms with Gasteiger partial charge in [-0.3, -0.25) is 9.10 Å². The number of halogens is 1. The van der Waals surface area contributed by atoms with Crippen LogP contribution >= 0.6 is 12.8 Å². The van der Waals surface area contributed by atoms with E-state index in [1.807, 2.05) is 0 Å². The smallest absolute Gasteiger partial charge is 0.264 e. The average Bonchev–Trinajstić information content (AvgIpc) is 2.28. The molecule has 0 N–H and O–H groups in total. The zero-order valence-corrected chi connectivity index (χ0v) is 7.01. The fraction of sp³-hybridized carbons (Fsp3) is 0.125. The van der Waals surface area contributed by atoms with Crippen LogP contribution < -0.4 is 0 Å². The normalized spacial score (nSPS) is 15.2. The molecule has 1 aromatic rings. The quantitative estimate of drug-likeness (QED) is 0.606. The molecule has 0 fully saturated rings. The molecule has 1 aromatic carbocycles. The lowest BCUT2D eigenvalue weighted by atomic mass is 10.1. The number of hydrogen-bond donors (Lipinski definition) is 1. The van der Waals surface area contributed by atoms with Gasteiger partial charge in [-0.2, -0.15) is 0 Å². The van der Waals surface area contributed by atoms with E-state index in [-0.39, 0.29) is 11.7 Å². The Morgan fingerprint density at radius 3 is 3.00 bits per heavy atom. The Hall–Kier alpha value is -1.03. The van der Waals surface area contributed by atoms with Crippen molar-refractivity contribution < 1.29 is 9.18 Å². The molecule has 0 saturated heterocycles. The topological polar surface area (TPSA) is 20.3 Å². The minimum absolute atomic E-state index is 0.159. The summed E-state index contributed by atoms with van der Waals surface area (Å²) >= 11 is 3.93. The molecule has 1 amide bonds. The molecule has 1 aliphatic heterocycles. The molecule has 0 saturated carbocycles. The van der Waals surface area contributed by atoms with Crippen molar-refractivity contribution >= 4 is 18.7 Å². The molecule has 0 unspecified atom stereocenters. The van der Waals surface area contributed by atoms with Crippen molar-refractivity contribution in [2.24, 2.45) is 0 Å². The summed E-state index contributed by atoms with van der Waals surface area (Å²) in [7, 11) is 0. The minimum Gasteiger partial charge on any atom is -0.281 e. The summed E-state index contributed by atoms with van der Waals surface area (Å²) in [5.41, 5.74) is 1.25. The molecule has 62 valence electrons. The molecular weight excluding hydrogens is 177 g/mol. The number of hydrogen-bond acceptors (Lipinski definition) is 2. The zero-order chi connectivity index (χ0) is 8.72. The SMILES string of the molecule is O=C1c2ccc(F)cc2CN1S. The summed E-state index contributed by atoms with van der Waals surface area (Å²) in [4.78, 5) is 11.2. The van der Waals surface area contributed by atoms with Crippen LogP contribution in [0.5, 0.6) is 0 Å². The van der Waals surface area contributed by atoms with Crippen molar-refractivity contribution in [2.45, 2.75) is 6.54 Å². The van der Waals surface area contributed by atoms with Gasteiger partial charge in [0.1, 0.15) is 5.82 Å². The van der Waals surface area contributed by atoms with E-state index in [2.05, 4.69) is 12.8 Å². The van der Waals surface area contributed by atoms with Crippen LogP contribution in [0, 0.1) is 5.82 Å². The predicted molar refractivity (Wildman–Crippen MR) is 45.3 cm³/mol. The lowest BCUT2D eigenvalue weighted by molar-refractivity contribution is 0.0891. The summed E-state index contributed by atoms with van der Waals surface area (Å²) < 4.78 is 13.9. The van der Waals surface area contributed by atoms with Crippen LogP contribution in [-0.4, -0.2) is 10.2 Å². The third-order valence-electron chi connectivity index (χ3n) is 1.85. The molecule has 0 bridgehead atoms. The van der Waals surface area contributed by atoms with Gasteiger partial charge in [-0.1, -0.05) is 12.8 Å². The summed E-state index contributed by atoms with van der Waals surface area (Å²) in [6.07, 6.45) is 0. The molecule has 0 aliphatic carbocycles. The summed E-state index contributed by atoms with van der Waals surface area (Å²) in [6, 6.07) is 4.14. The first-order valence-corrected chi connectivity index (χ1v) is 3.87. The monoisotopic (exact) mass is 183 g/mol. The van der Waals surface area contributed by atoms with Crippen molar-refractivity contribution in [3.05, 3.63) is 35.1 Å². The first kappa shape index (κ1) is 7.61. The Bertz CT molecular complexity index is 353. The number of carbonyl (C=O) groups excluding carboxylic acids is 1. The Morgan fingerprint density at radius 2 is 2.25 bits per heavy atom. The summed E-state index contributed by atoms with van der Waals surface area (Å²) in [5.74, 6) is -0.474. The number of rotatable bonds is 0. The van der Waals surface area contributed by atoms with Crippen LogP contribution in [0.3, 0.4) is 0 Å². The van der Waals surface area contributed by atoms with Crippen molar-refractivity contribution in [1.82, 2.24) is 4.31 Å². The van der Waals surface area contributed by atoms with Gasteiger partial charge in [0.25, 0.3) is 5.91 Å². The van der Waals surface area contributed by atoms with Crippen LogP contribution in [0.4, 0.5) is 4.39 Å². The van der Waals surface area contributed by atoms with E-state index in [0.717, 1.165) is 0 Å². The molecule has 2 nitrogen and oxygen atoms in total. The molecule has 0 aromatic heterocycles. The number of amides is 1. The highest BCUT2D eigenvalue weighted by molar-refractivity contribution is 7.78. The number of carbonyl (C=O) groups is 1. The second-order valence-electron chi connectivity index (χ2n) is 2.66. The van der Waals surface area contributed by atoms with E-state index >= 15 is 0 Å². The van der Waals surface area contributed by atoms with Crippen molar-refractivity contribution in [2.75, 3.05) is 0 Å². The standard InChI is InChI=1S/C8H6FNOS/c9-6-1-2-7-5(3-6)4-10(12)8(7)11/h1-3,12H,4H2. The molecule has 4 heteroatoms. The lowest BCUT2D eigenvalue weighted by Gasteiger charge is -2.02. The Kier molecular flexibility index (Phi) is 1.58. The molecule has 1 aliphatic rings. The van der Waals surface area contributed by atoms with Crippen molar-refractivity contribution in [1.29, 1.82) is 0 Å². The van der Waals surface area contributed by atoms with Crippen LogP contribution in [0.15, 0.2) is 18.2 Å². The first-order chi connectivity index (χ1) is 5.68. The molecule has 0 spiro atoms. The number of benzene rings is 1. The third kappa shape index (κ3) is 0.992. The summed E-state index contributed by atoms with van der Waals surface area (Å²) in [5, 5.41) is 0. The van der Waals surface area contributed by atoms with Gasteiger partial charge < -0.3 is 0 Å². The van der Waals surface area contributed by atoms with Gasteiger partial charge in [-0.15, -0.1) is 0 Å². The van der Waals surface area contributed by atoms with Gasteiger partial charge in [0, 0.05) is 5.56 Å². The van der Waals surface area contributed by atoms with Crippen molar-refractivity contribution in [3.63, 3.8) is 0 Å².